The molecule has 1 heterocycles. The number of hydrogen-bond donors (Lipinski definition) is 3. The number of benzene rings is 1. The summed E-state index contributed by atoms with van der Waals surface area (Å²) in [6.07, 6.45) is 0. The molecule has 0 aromatic heterocycles. The van der Waals surface area contributed by atoms with Gasteiger partial charge in [0.2, 0.25) is 5.91 Å². The van der Waals surface area contributed by atoms with Gasteiger partial charge >= 0.3 is 6.03 Å². The lowest BCUT2D eigenvalue weighted by molar-refractivity contribution is -0.128. The zero-order chi connectivity index (χ0) is 14.0. The SMILES string of the molecule is Cc1ccc(N)cc1NC(=O)CN1C(=O)CNC1=O. The van der Waals surface area contributed by atoms with Crippen LogP contribution in [0.15, 0.2) is 18.2 Å². The van der Waals surface area contributed by atoms with Gasteiger partial charge < -0.3 is 16.4 Å². The number of nitrogens with one attached hydrogen (secondary N) is 2. The Morgan fingerprint density at radius 1 is 1.47 bits per heavy atom. The van der Waals surface area contributed by atoms with Gasteiger partial charge in [0, 0.05) is 11.4 Å². The van der Waals surface area contributed by atoms with Crippen LogP contribution in [-0.4, -0.2) is 35.8 Å². The molecule has 7 nitrogen and oxygen atoms in total. The van der Waals surface area contributed by atoms with E-state index in [-0.39, 0.29) is 13.1 Å². The van der Waals surface area contributed by atoms with Crippen LogP contribution >= 0.6 is 0 Å². The molecule has 4 N–H and O–H groups in total. The molecule has 7 heteroatoms. The standard InChI is InChI=1S/C12H14N4O3/c1-7-2-3-8(13)4-9(7)15-10(17)6-16-11(18)5-14-12(16)19/h2-4H,5-6,13H2,1H3,(H,14,19)(H,15,17). The van der Waals surface area contributed by atoms with Crippen LogP contribution in [0.25, 0.3) is 0 Å². The molecular weight excluding hydrogens is 248 g/mol. The molecule has 1 aromatic rings. The summed E-state index contributed by atoms with van der Waals surface area (Å²) in [4.78, 5) is 35.3. The van der Waals surface area contributed by atoms with Crippen molar-refractivity contribution in [2.24, 2.45) is 0 Å². The van der Waals surface area contributed by atoms with Crippen LogP contribution in [0.2, 0.25) is 0 Å². The van der Waals surface area contributed by atoms with Crippen LogP contribution in [0, 0.1) is 6.92 Å². The van der Waals surface area contributed by atoms with E-state index in [9.17, 15) is 14.4 Å². The van der Waals surface area contributed by atoms with Gasteiger partial charge in [0.1, 0.15) is 6.54 Å². The van der Waals surface area contributed by atoms with Crippen LogP contribution in [0.4, 0.5) is 16.2 Å². The Kier molecular flexibility index (Phi) is 3.37. The normalized spacial score (nSPS) is 14.5. The zero-order valence-electron chi connectivity index (χ0n) is 10.4. The fourth-order valence-electron chi connectivity index (χ4n) is 1.72. The van der Waals surface area contributed by atoms with Crippen molar-refractivity contribution in [1.29, 1.82) is 0 Å². The highest BCUT2D eigenvalue weighted by Crippen LogP contribution is 2.18. The van der Waals surface area contributed by atoms with E-state index in [0.717, 1.165) is 10.5 Å². The summed E-state index contributed by atoms with van der Waals surface area (Å²) < 4.78 is 0. The van der Waals surface area contributed by atoms with Gasteiger partial charge in [0.05, 0.1) is 6.54 Å². The third-order valence-corrected chi connectivity index (χ3v) is 2.77. The fraction of sp³-hybridized carbons (Fsp3) is 0.250. The Bertz CT molecular complexity index is 540. The average Bonchev–Trinajstić information content (AvgIpc) is 2.65. The average molecular weight is 262 g/mol. The number of urea groups is 1. The Labute approximate surface area is 109 Å². The maximum Gasteiger partial charge on any atom is 0.325 e. The molecule has 1 aliphatic rings. The fourth-order valence-corrected chi connectivity index (χ4v) is 1.72. The van der Waals surface area contributed by atoms with E-state index in [1.807, 2.05) is 6.92 Å². The number of anilines is 2. The molecule has 2 rings (SSSR count). The first-order chi connectivity index (χ1) is 8.97. The van der Waals surface area contributed by atoms with E-state index >= 15 is 0 Å². The second-order valence-corrected chi connectivity index (χ2v) is 4.26. The van der Waals surface area contributed by atoms with Crippen molar-refractivity contribution < 1.29 is 14.4 Å². The van der Waals surface area contributed by atoms with Crippen molar-refractivity contribution in [1.82, 2.24) is 10.2 Å². The van der Waals surface area contributed by atoms with Crippen LogP contribution in [0.3, 0.4) is 0 Å². The number of nitrogens with zero attached hydrogens (tertiary/aromatic N) is 1. The van der Waals surface area contributed by atoms with Gasteiger partial charge in [0.15, 0.2) is 0 Å². The van der Waals surface area contributed by atoms with Crippen molar-refractivity contribution in [3.05, 3.63) is 23.8 Å². The number of rotatable bonds is 3. The lowest BCUT2D eigenvalue weighted by Crippen LogP contribution is -2.38. The lowest BCUT2D eigenvalue weighted by Gasteiger charge is -2.13. The smallest absolute Gasteiger partial charge is 0.325 e. The number of hydrogen-bond acceptors (Lipinski definition) is 4. The zero-order valence-corrected chi connectivity index (χ0v) is 10.4. The van der Waals surface area contributed by atoms with Gasteiger partial charge in [-0.15, -0.1) is 0 Å². The molecule has 0 radical (unpaired) electrons. The number of aryl methyl sites for hydroxylation is 1. The molecule has 0 aliphatic carbocycles. The topological polar surface area (TPSA) is 105 Å². The summed E-state index contributed by atoms with van der Waals surface area (Å²) in [5.41, 5.74) is 7.57. The minimum atomic E-state index is -0.551. The molecule has 1 aromatic carbocycles. The summed E-state index contributed by atoms with van der Waals surface area (Å²) in [6, 6.07) is 4.57. The molecule has 1 saturated heterocycles. The number of nitrogens with two attached hydrogens (primary N) is 1. The molecule has 19 heavy (non-hydrogen) atoms. The second kappa shape index (κ2) is 4.97. The van der Waals surface area contributed by atoms with E-state index < -0.39 is 17.8 Å². The monoisotopic (exact) mass is 262 g/mol. The minimum absolute atomic E-state index is 0.0660. The van der Waals surface area contributed by atoms with Gasteiger partial charge in [-0.1, -0.05) is 6.07 Å². The summed E-state index contributed by atoms with van der Waals surface area (Å²) in [5, 5.41) is 4.97. The van der Waals surface area contributed by atoms with E-state index in [4.69, 9.17) is 5.73 Å². The van der Waals surface area contributed by atoms with E-state index in [0.29, 0.717) is 11.4 Å². The largest absolute Gasteiger partial charge is 0.399 e. The highest BCUT2D eigenvalue weighted by Gasteiger charge is 2.30. The van der Waals surface area contributed by atoms with E-state index in [1.165, 1.54) is 0 Å². The molecule has 1 fully saturated rings. The summed E-state index contributed by atoms with van der Waals surface area (Å²) in [5.74, 6) is -0.858. The van der Waals surface area contributed by atoms with Crippen LogP contribution in [-0.2, 0) is 9.59 Å². The molecule has 0 atom stereocenters. The van der Waals surface area contributed by atoms with Gasteiger partial charge in [-0.2, -0.15) is 0 Å². The molecular formula is C12H14N4O3. The van der Waals surface area contributed by atoms with Crippen molar-refractivity contribution in [2.45, 2.75) is 6.92 Å². The Hall–Kier alpha value is -2.57. The first-order valence-electron chi connectivity index (χ1n) is 5.71. The molecule has 0 spiro atoms. The second-order valence-electron chi connectivity index (χ2n) is 4.26. The maximum absolute atomic E-state index is 11.8. The predicted octanol–water partition coefficient (Wildman–Crippen LogP) is 0.0675. The Balaban J connectivity index is 2.03. The van der Waals surface area contributed by atoms with Gasteiger partial charge in [0.25, 0.3) is 5.91 Å². The van der Waals surface area contributed by atoms with Crippen molar-refractivity contribution in [3.8, 4) is 0 Å². The first-order valence-corrected chi connectivity index (χ1v) is 5.71. The Morgan fingerprint density at radius 3 is 2.84 bits per heavy atom. The third-order valence-electron chi connectivity index (χ3n) is 2.77. The summed E-state index contributed by atoms with van der Waals surface area (Å²) in [7, 11) is 0. The summed E-state index contributed by atoms with van der Waals surface area (Å²) in [6.45, 7) is 1.45. The van der Waals surface area contributed by atoms with Crippen LogP contribution in [0.1, 0.15) is 5.56 Å². The number of carbonyl (C=O) groups is 3. The van der Waals surface area contributed by atoms with Crippen LogP contribution in [0.5, 0.6) is 0 Å². The van der Waals surface area contributed by atoms with Gasteiger partial charge in [-0.05, 0) is 24.6 Å². The van der Waals surface area contributed by atoms with Crippen molar-refractivity contribution in [2.75, 3.05) is 24.1 Å². The third kappa shape index (κ3) is 2.82. The van der Waals surface area contributed by atoms with E-state index in [2.05, 4.69) is 10.6 Å². The quantitative estimate of drug-likeness (QED) is 0.529. The van der Waals surface area contributed by atoms with Crippen molar-refractivity contribution >= 4 is 29.2 Å². The molecule has 1 aliphatic heterocycles. The van der Waals surface area contributed by atoms with Crippen LogP contribution < -0.4 is 16.4 Å². The highest BCUT2D eigenvalue weighted by atomic mass is 16.2. The minimum Gasteiger partial charge on any atom is -0.399 e. The molecule has 0 bridgehead atoms. The number of carbonyl (C=O) groups excluding carboxylic acids is 3. The van der Waals surface area contributed by atoms with E-state index in [1.54, 1.807) is 18.2 Å². The maximum atomic E-state index is 11.8. The molecule has 4 amide bonds. The highest BCUT2D eigenvalue weighted by molar-refractivity contribution is 6.06. The number of nitrogen functional groups attached to an aromatic ring is 1. The number of imide groups is 1. The number of amides is 4. The predicted molar refractivity (Wildman–Crippen MR) is 69.3 cm³/mol. The molecule has 100 valence electrons. The van der Waals surface area contributed by atoms with Crippen molar-refractivity contribution in [3.63, 3.8) is 0 Å². The summed E-state index contributed by atoms with van der Waals surface area (Å²) >= 11 is 0. The van der Waals surface area contributed by atoms with Gasteiger partial charge in [-0.25, -0.2) is 4.79 Å². The first kappa shape index (κ1) is 12.9. The van der Waals surface area contributed by atoms with Gasteiger partial charge in [-0.3, -0.25) is 14.5 Å². The Morgan fingerprint density at radius 2 is 2.21 bits per heavy atom. The molecule has 0 saturated carbocycles. The molecule has 0 unspecified atom stereocenters. The lowest BCUT2D eigenvalue weighted by atomic mass is 10.2.